The number of carbonyl (C=O) groups is 3. The predicted octanol–water partition coefficient (Wildman–Crippen LogP) is 3.77. The first kappa shape index (κ1) is 17.6. The van der Waals surface area contributed by atoms with Crippen LogP contribution in [0.25, 0.3) is 0 Å². The summed E-state index contributed by atoms with van der Waals surface area (Å²) < 4.78 is 5.63. The minimum atomic E-state index is -0.512. The zero-order chi connectivity index (χ0) is 20.6. The largest absolute Gasteiger partial charge is 0.421 e. The number of esters is 1. The molecule has 0 aromatic heterocycles. The summed E-state index contributed by atoms with van der Waals surface area (Å²) in [6.45, 7) is 1.94. The number of nitrogens with zero attached hydrogens (tertiary/aromatic N) is 1. The van der Waals surface area contributed by atoms with E-state index < -0.39 is 5.97 Å². The Balaban J connectivity index is 1.33. The molecule has 1 aliphatic heterocycles. The predicted molar refractivity (Wildman–Crippen MR) is 110 cm³/mol. The summed E-state index contributed by atoms with van der Waals surface area (Å²) in [6.07, 6.45) is 5.43. The van der Waals surface area contributed by atoms with Gasteiger partial charge in [0.05, 0.1) is 23.1 Å². The van der Waals surface area contributed by atoms with E-state index in [2.05, 4.69) is 12.2 Å². The van der Waals surface area contributed by atoms with Gasteiger partial charge in [0.15, 0.2) is 5.75 Å². The van der Waals surface area contributed by atoms with Crippen molar-refractivity contribution in [3.8, 4) is 5.75 Å². The lowest BCUT2D eigenvalue weighted by molar-refractivity contribution is -0.124. The Labute approximate surface area is 174 Å². The molecule has 7 rings (SSSR count). The van der Waals surface area contributed by atoms with Crippen LogP contribution in [0.15, 0.2) is 60.7 Å². The first-order valence-electron chi connectivity index (χ1n) is 10.5. The third kappa shape index (κ3) is 2.38. The summed E-state index contributed by atoms with van der Waals surface area (Å²) in [6, 6.07) is 13.9. The number of imide groups is 1. The van der Waals surface area contributed by atoms with E-state index in [4.69, 9.17) is 4.74 Å². The molecule has 150 valence electrons. The second-order valence-corrected chi connectivity index (χ2v) is 8.89. The number of para-hydroxylation sites is 2. The lowest BCUT2D eigenvalue weighted by Gasteiger charge is -2.37. The number of carbonyl (C=O) groups excluding carboxylic acids is 3. The van der Waals surface area contributed by atoms with Crippen LogP contribution >= 0.6 is 0 Å². The fourth-order valence-corrected chi connectivity index (χ4v) is 5.77. The fourth-order valence-electron chi connectivity index (χ4n) is 5.77. The van der Waals surface area contributed by atoms with Crippen molar-refractivity contribution in [2.75, 3.05) is 4.90 Å². The monoisotopic (exact) mass is 399 g/mol. The minimum absolute atomic E-state index is 0.159. The smallest absolute Gasteiger partial charge is 0.343 e. The molecule has 0 spiro atoms. The van der Waals surface area contributed by atoms with E-state index in [1.165, 1.54) is 4.90 Å². The van der Waals surface area contributed by atoms with Crippen molar-refractivity contribution >= 4 is 23.5 Å². The van der Waals surface area contributed by atoms with Crippen LogP contribution in [-0.2, 0) is 9.59 Å². The highest BCUT2D eigenvalue weighted by Gasteiger charge is 2.67. The molecule has 1 heterocycles. The molecule has 4 aliphatic carbocycles. The Kier molecular flexibility index (Phi) is 3.61. The van der Waals surface area contributed by atoms with Crippen LogP contribution in [0.3, 0.4) is 0 Å². The number of allylic oxidation sites excluding steroid dienone is 2. The molecule has 1 saturated heterocycles. The second kappa shape index (κ2) is 6.14. The zero-order valence-electron chi connectivity index (χ0n) is 16.5. The third-order valence-electron chi connectivity index (χ3n) is 7.26. The average Bonchev–Trinajstić information content (AvgIpc) is 3.53. The Hall–Kier alpha value is -3.21. The van der Waals surface area contributed by atoms with Crippen LogP contribution in [0.4, 0.5) is 5.69 Å². The number of hydrogen-bond acceptors (Lipinski definition) is 4. The van der Waals surface area contributed by atoms with E-state index in [1.807, 2.05) is 19.1 Å². The number of aryl methyl sites for hydroxylation is 1. The fraction of sp³-hybridized carbons (Fsp3) is 0.320. The summed E-state index contributed by atoms with van der Waals surface area (Å²) >= 11 is 0. The SMILES string of the molecule is Cc1ccc(C(=O)Oc2ccccc2N2C(=O)[C@@H]3[C@H]4C=C[C@@H]([C@@H]5C[C@@H]45)[C@H]3C2=O)cc1. The van der Waals surface area contributed by atoms with E-state index in [0.717, 1.165) is 12.0 Å². The Morgan fingerprint density at radius 3 is 2.13 bits per heavy atom. The standard InChI is InChI=1S/C25H21NO4/c1-13-6-8-14(9-7-13)25(29)30-20-5-3-2-4-19(20)26-23(27)21-15-10-11-16(18-12-17(15)18)22(21)24(26)28/h2-11,15-18,21-22H,12H2,1H3/t15-,16-,17-,18-,21+,22+/m0/s1. The minimum Gasteiger partial charge on any atom is -0.421 e. The Morgan fingerprint density at radius 2 is 1.50 bits per heavy atom. The highest BCUT2D eigenvalue weighted by molar-refractivity contribution is 6.23. The molecular weight excluding hydrogens is 378 g/mol. The lowest BCUT2D eigenvalue weighted by atomic mass is 9.63. The molecule has 0 unspecified atom stereocenters. The molecule has 0 radical (unpaired) electrons. The number of ether oxygens (including phenoxy) is 1. The van der Waals surface area contributed by atoms with Crippen molar-refractivity contribution in [2.45, 2.75) is 13.3 Å². The van der Waals surface area contributed by atoms with Crippen molar-refractivity contribution in [1.29, 1.82) is 0 Å². The molecule has 2 saturated carbocycles. The van der Waals surface area contributed by atoms with Crippen LogP contribution in [0.5, 0.6) is 5.75 Å². The molecule has 5 aliphatic rings. The van der Waals surface area contributed by atoms with E-state index >= 15 is 0 Å². The van der Waals surface area contributed by atoms with Crippen molar-refractivity contribution in [3.63, 3.8) is 0 Å². The first-order valence-corrected chi connectivity index (χ1v) is 10.5. The summed E-state index contributed by atoms with van der Waals surface area (Å²) in [5.74, 6) is 0.259. The molecule has 3 fully saturated rings. The molecule has 2 bridgehead atoms. The lowest BCUT2D eigenvalue weighted by Crippen LogP contribution is -2.40. The second-order valence-electron chi connectivity index (χ2n) is 8.89. The summed E-state index contributed by atoms with van der Waals surface area (Å²) in [7, 11) is 0. The topological polar surface area (TPSA) is 63.7 Å². The molecule has 30 heavy (non-hydrogen) atoms. The van der Waals surface area contributed by atoms with Gasteiger partial charge in [-0.25, -0.2) is 9.69 Å². The van der Waals surface area contributed by atoms with Crippen LogP contribution < -0.4 is 9.64 Å². The maximum absolute atomic E-state index is 13.4. The van der Waals surface area contributed by atoms with Crippen molar-refractivity contribution < 1.29 is 19.1 Å². The molecule has 2 aromatic carbocycles. The highest BCUT2D eigenvalue weighted by atomic mass is 16.5. The van der Waals surface area contributed by atoms with E-state index in [9.17, 15) is 14.4 Å². The first-order chi connectivity index (χ1) is 14.5. The van der Waals surface area contributed by atoms with E-state index in [1.54, 1.807) is 36.4 Å². The maximum Gasteiger partial charge on any atom is 0.343 e. The van der Waals surface area contributed by atoms with Gasteiger partial charge in [-0.2, -0.15) is 0 Å². The number of rotatable bonds is 3. The van der Waals surface area contributed by atoms with Gasteiger partial charge in [-0.15, -0.1) is 0 Å². The zero-order valence-corrected chi connectivity index (χ0v) is 16.5. The molecular formula is C25H21NO4. The van der Waals surface area contributed by atoms with Gasteiger partial charge in [-0.1, -0.05) is 42.0 Å². The van der Waals surface area contributed by atoms with Crippen molar-refractivity contribution in [1.82, 2.24) is 0 Å². The van der Waals surface area contributed by atoms with Gasteiger partial charge >= 0.3 is 5.97 Å². The van der Waals surface area contributed by atoms with Gasteiger partial charge in [-0.3, -0.25) is 9.59 Å². The molecule has 6 atom stereocenters. The van der Waals surface area contributed by atoms with Crippen LogP contribution in [0.2, 0.25) is 0 Å². The molecule has 5 nitrogen and oxygen atoms in total. The molecule has 0 N–H and O–H groups in total. The number of anilines is 1. The van der Waals surface area contributed by atoms with Crippen LogP contribution in [0.1, 0.15) is 22.3 Å². The molecule has 2 amide bonds. The van der Waals surface area contributed by atoms with Crippen molar-refractivity contribution in [2.24, 2.45) is 35.5 Å². The van der Waals surface area contributed by atoms with E-state index in [0.29, 0.717) is 23.1 Å². The summed E-state index contributed by atoms with van der Waals surface area (Å²) in [5, 5.41) is 0. The number of amides is 2. The van der Waals surface area contributed by atoms with Crippen LogP contribution in [-0.4, -0.2) is 17.8 Å². The van der Waals surface area contributed by atoms with Crippen LogP contribution in [0, 0.1) is 42.4 Å². The Morgan fingerprint density at radius 1 is 0.900 bits per heavy atom. The van der Waals surface area contributed by atoms with Gasteiger partial charge in [0.25, 0.3) is 0 Å². The highest BCUT2D eigenvalue weighted by Crippen LogP contribution is 2.65. The molecule has 5 heteroatoms. The number of benzene rings is 2. The average molecular weight is 399 g/mol. The quantitative estimate of drug-likeness (QED) is 0.341. The number of hydrogen-bond donors (Lipinski definition) is 0. The van der Waals surface area contributed by atoms with Gasteiger partial charge in [0.2, 0.25) is 11.8 Å². The summed E-state index contributed by atoms with van der Waals surface area (Å²) in [5.41, 5.74) is 1.82. The normalized spacial score (nSPS) is 32.8. The van der Waals surface area contributed by atoms with E-state index in [-0.39, 0.29) is 41.2 Å². The van der Waals surface area contributed by atoms with Crippen molar-refractivity contribution in [3.05, 3.63) is 71.8 Å². The van der Waals surface area contributed by atoms with Gasteiger partial charge < -0.3 is 4.74 Å². The third-order valence-corrected chi connectivity index (χ3v) is 7.26. The van der Waals surface area contributed by atoms with Gasteiger partial charge in [-0.05, 0) is 61.3 Å². The molecule has 2 aromatic rings. The van der Waals surface area contributed by atoms with Gasteiger partial charge in [0.1, 0.15) is 0 Å². The Bertz CT molecular complexity index is 1080. The summed E-state index contributed by atoms with van der Waals surface area (Å²) in [4.78, 5) is 40.7. The maximum atomic E-state index is 13.4. The van der Waals surface area contributed by atoms with Gasteiger partial charge in [0, 0.05) is 0 Å².